The number of thiophene rings is 4. The summed E-state index contributed by atoms with van der Waals surface area (Å²) in [7, 11) is 0. The average molecular weight is 1710 g/mol. The number of hydrogen-bond acceptors (Lipinski definition) is 22. The smallest absolute Gasteiger partial charge is 0.504 e. The van der Waals surface area contributed by atoms with Crippen molar-refractivity contribution in [1.82, 2.24) is 0 Å². The number of halogens is 4. The van der Waals surface area contributed by atoms with Crippen molar-refractivity contribution in [2.24, 2.45) is 0 Å². The molecule has 12 aromatic rings. The number of phenolic OH excluding ortho intramolecular Hbond substituents is 2. The molecule has 12 rings (SSSR count). The van der Waals surface area contributed by atoms with Crippen LogP contribution in [0.15, 0.2) is 213 Å². The lowest BCUT2D eigenvalue weighted by atomic mass is 10.1. The second kappa shape index (κ2) is 42.1. The number of benzene rings is 8. The molecule has 4 aromatic heterocycles. The fraction of sp³-hybridized carbons (Fsp3) is 0.217. The van der Waals surface area contributed by atoms with E-state index in [2.05, 4.69) is 33.5 Å². The van der Waals surface area contributed by atoms with E-state index in [0.717, 1.165) is 64.8 Å². The van der Waals surface area contributed by atoms with E-state index in [0.29, 0.717) is 17.8 Å². The first-order valence-corrected chi connectivity index (χ1v) is 41.1. The van der Waals surface area contributed by atoms with Crippen LogP contribution >= 0.6 is 45.3 Å². The highest BCUT2D eigenvalue weighted by molar-refractivity contribution is 7.08. The number of ether oxygens (including phenoxy) is 10. The molecule has 628 valence electrons. The molecule has 2 amide bonds. The highest BCUT2D eigenvalue weighted by Gasteiger charge is 2.25. The van der Waals surface area contributed by atoms with Crippen molar-refractivity contribution in [1.29, 1.82) is 0 Å². The van der Waals surface area contributed by atoms with Crippen LogP contribution in [0.5, 0.6) is 69.0 Å². The molecule has 0 bridgehead atoms. The number of nitrogens with one attached hydrogen (secondary N) is 2. The summed E-state index contributed by atoms with van der Waals surface area (Å²) >= 11 is 6.50. The second-order valence-electron chi connectivity index (χ2n) is 30.5. The quantitative estimate of drug-likeness (QED) is 0.0121. The molecular formula is C92H92F4N4O16S4. The first-order valence-electron chi connectivity index (χ1n) is 37.3. The Kier molecular flexibility index (Phi) is 32.0. The number of rotatable bonds is 22. The molecule has 0 saturated carbocycles. The molecule has 20 nitrogen and oxygen atoms in total. The molecule has 0 atom stereocenters. The first kappa shape index (κ1) is 91.1. The number of carbonyl (C=O) groups excluding carboxylic acids is 4. The van der Waals surface area contributed by atoms with E-state index in [1.165, 1.54) is 65.7 Å². The van der Waals surface area contributed by atoms with Crippen LogP contribution in [0.3, 0.4) is 0 Å². The lowest BCUT2D eigenvalue weighted by molar-refractivity contribution is 0.0188. The maximum Gasteiger partial charge on any atom is 0.514 e. The minimum atomic E-state index is -0.923. The Morgan fingerprint density at radius 1 is 0.333 bits per heavy atom. The van der Waals surface area contributed by atoms with Gasteiger partial charge in [-0.15, -0.1) is 0 Å². The van der Waals surface area contributed by atoms with Crippen molar-refractivity contribution >= 4 is 117 Å². The van der Waals surface area contributed by atoms with E-state index in [1.54, 1.807) is 195 Å². The number of hydrogen-bond donors (Lipinski definition) is 6. The van der Waals surface area contributed by atoms with E-state index in [4.69, 9.17) is 58.8 Å². The van der Waals surface area contributed by atoms with E-state index >= 15 is 0 Å². The van der Waals surface area contributed by atoms with Crippen molar-refractivity contribution in [3.05, 3.63) is 281 Å². The van der Waals surface area contributed by atoms with Gasteiger partial charge in [0.25, 0.3) is 0 Å². The molecule has 0 aliphatic carbocycles. The molecule has 0 unspecified atom stereocenters. The maximum absolute atomic E-state index is 14.8. The summed E-state index contributed by atoms with van der Waals surface area (Å²) in [6.07, 6.45) is 7.63. The van der Waals surface area contributed by atoms with Crippen molar-refractivity contribution in [3.8, 4) is 69.0 Å². The standard InChI is InChI=1S/C28H32FNO6S.C28H30FNO6S.C18H16FNO2S.C18H14FNO2S/c2*1-27(2,3)35-25(31)30-20-10-12-22(21(29)16-20)33-23-11-9-18(7-8-19-13-14-37-17-19)15-24(23)34-26(32)36-28(4,5)6;2*19-15-10-14(20)4-6-17(15)22-18-5-3-12(9-16(18)21)1-2-13-7-8-23-11-13/h9-17H,7-8H2,1-6H3,(H,30,31);7-17H,1-6H3,(H,30,31);3-11,21H,1-2,20H2;1-11,21H,20H2/b;8-7+;;2-1+. The van der Waals surface area contributed by atoms with Gasteiger partial charge in [-0.2, -0.15) is 45.3 Å². The minimum absolute atomic E-state index is 0.0101. The Bertz CT molecular complexity index is 5480. The van der Waals surface area contributed by atoms with E-state index in [-0.39, 0.29) is 80.4 Å². The lowest BCUT2D eigenvalue weighted by Gasteiger charge is -2.20. The average Bonchev–Trinajstić information content (AvgIpc) is 0.963. The van der Waals surface area contributed by atoms with Crippen LogP contribution in [-0.2, 0) is 44.6 Å². The zero-order chi connectivity index (χ0) is 86.9. The fourth-order valence-corrected chi connectivity index (χ4v) is 13.0. The van der Waals surface area contributed by atoms with E-state index in [9.17, 15) is 47.0 Å². The third-order valence-corrected chi connectivity index (χ3v) is 18.5. The van der Waals surface area contributed by atoms with Crippen molar-refractivity contribution < 1.29 is 94.3 Å². The van der Waals surface area contributed by atoms with Gasteiger partial charge in [-0.1, -0.05) is 48.6 Å². The number of aryl methyl sites for hydroxylation is 4. The second-order valence-corrected chi connectivity index (χ2v) is 33.6. The van der Waals surface area contributed by atoms with Gasteiger partial charge in [-0.25, -0.2) is 36.7 Å². The van der Waals surface area contributed by atoms with Gasteiger partial charge in [0.1, 0.15) is 22.4 Å². The number of anilines is 4. The molecular weight excluding hydrogens is 1620 g/mol. The van der Waals surface area contributed by atoms with Crippen LogP contribution in [0.25, 0.3) is 24.3 Å². The Balaban J connectivity index is 0.000000186. The van der Waals surface area contributed by atoms with Gasteiger partial charge in [0.05, 0.1) is 0 Å². The van der Waals surface area contributed by atoms with Gasteiger partial charge in [-0.3, -0.25) is 10.6 Å². The number of phenols is 2. The Hall–Kier alpha value is -12.8. The fourth-order valence-electron chi connectivity index (χ4n) is 10.3. The Labute approximate surface area is 709 Å². The predicted octanol–water partition coefficient (Wildman–Crippen LogP) is 26.5. The topological polar surface area (TPSA) is 277 Å². The van der Waals surface area contributed by atoms with Crippen LogP contribution in [0.1, 0.15) is 128 Å². The zero-order valence-corrected chi connectivity index (χ0v) is 71.1. The van der Waals surface area contributed by atoms with Crippen molar-refractivity contribution in [3.63, 3.8) is 0 Å². The molecule has 0 saturated heterocycles. The summed E-state index contributed by atoms with van der Waals surface area (Å²) in [6, 6.07) is 44.5. The summed E-state index contributed by atoms with van der Waals surface area (Å²) in [5.74, 6) is -2.09. The zero-order valence-electron chi connectivity index (χ0n) is 67.8. The lowest BCUT2D eigenvalue weighted by Crippen LogP contribution is -2.27. The summed E-state index contributed by atoms with van der Waals surface area (Å²) in [4.78, 5) is 48.7. The largest absolute Gasteiger partial charge is 0.514 e. The van der Waals surface area contributed by atoms with Crippen LogP contribution in [-0.4, -0.2) is 57.1 Å². The number of carbonyl (C=O) groups is 4. The predicted molar refractivity (Wildman–Crippen MR) is 467 cm³/mol. The summed E-state index contributed by atoms with van der Waals surface area (Å²) in [5, 5.41) is 41.3. The monoisotopic (exact) mass is 1710 g/mol. The third-order valence-electron chi connectivity index (χ3n) is 15.7. The SMILES string of the molecule is CC(C)(C)OC(=O)Nc1ccc(Oc2ccc(/C=C/c3ccsc3)cc2OC(=O)OC(C)(C)C)c(F)c1.CC(C)(C)OC(=O)Nc1ccc(Oc2ccc(CCc3ccsc3)cc2OC(=O)OC(C)(C)C)c(F)c1.Nc1ccc(Oc2ccc(/C=C/c3ccsc3)cc2O)c(F)c1.Nc1ccc(Oc2ccc(CCc3ccsc3)cc2O)c(F)c1. The molecule has 4 heterocycles. The molecule has 0 aliphatic heterocycles. The summed E-state index contributed by atoms with van der Waals surface area (Å²) in [5.41, 5.74) is 17.2. The maximum atomic E-state index is 14.8. The van der Waals surface area contributed by atoms with Crippen LogP contribution in [0, 0.1) is 23.3 Å². The third kappa shape index (κ3) is 31.3. The van der Waals surface area contributed by atoms with Gasteiger partial charge in [0.15, 0.2) is 92.3 Å². The Morgan fingerprint density at radius 2 is 0.658 bits per heavy atom. The molecule has 8 N–H and O–H groups in total. The highest BCUT2D eigenvalue weighted by Crippen LogP contribution is 2.40. The molecule has 0 fully saturated rings. The van der Waals surface area contributed by atoms with E-state index < -0.39 is 70.2 Å². The Morgan fingerprint density at radius 3 is 1.03 bits per heavy atom. The number of nitrogen functional groups attached to an aromatic ring is 2. The first-order chi connectivity index (χ1) is 56.8. The molecule has 120 heavy (non-hydrogen) atoms. The molecule has 0 spiro atoms. The van der Waals surface area contributed by atoms with Crippen molar-refractivity contribution in [2.75, 3.05) is 22.1 Å². The van der Waals surface area contributed by atoms with Gasteiger partial charge in [0, 0.05) is 47.0 Å². The molecule has 0 aliphatic rings. The summed E-state index contributed by atoms with van der Waals surface area (Å²) in [6.45, 7) is 20.7. The molecule has 8 aromatic carbocycles. The van der Waals surface area contributed by atoms with Crippen LogP contribution in [0.2, 0.25) is 0 Å². The van der Waals surface area contributed by atoms with E-state index in [1.807, 2.05) is 80.8 Å². The highest BCUT2D eigenvalue weighted by atomic mass is 32.1. The normalized spacial score (nSPS) is 11.3. The van der Waals surface area contributed by atoms with Gasteiger partial charge in [0.2, 0.25) is 0 Å². The van der Waals surface area contributed by atoms with Gasteiger partial charge < -0.3 is 69.0 Å². The number of aromatic hydroxyl groups is 2. The summed E-state index contributed by atoms with van der Waals surface area (Å²) < 4.78 is 111. The van der Waals surface area contributed by atoms with Gasteiger partial charge >= 0.3 is 24.5 Å². The molecule has 28 heteroatoms. The van der Waals surface area contributed by atoms with Crippen molar-refractivity contribution in [2.45, 2.75) is 131 Å². The minimum Gasteiger partial charge on any atom is -0.504 e. The van der Waals surface area contributed by atoms with Crippen LogP contribution < -0.4 is 50.5 Å². The van der Waals surface area contributed by atoms with Gasteiger partial charge in [-0.05, 0) is 318 Å². The molecule has 0 radical (unpaired) electrons. The number of amides is 2. The number of nitrogens with two attached hydrogens (primary N) is 2. The van der Waals surface area contributed by atoms with Crippen LogP contribution in [0.4, 0.5) is 59.5 Å².